The van der Waals surface area contributed by atoms with Crippen molar-refractivity contribution in [3.8, 4) is 5.75 Å². The lowest BCUT2D eigenvalue weighted by Crippen LogP contribution is -2.21. The van der Waals surface area contributed by atoms with Crippen molar-refractivity contribution in [1.82, 2.24) is 0 Å². The molecule has 0 saturated heterocycles. The average molecular weight is 286 g/mol. The molecule has 110 valence electrons. The van der Waals surface area contributed by atoms with Crippen molar-refractivity contribution < 1.29 is 13.9 Å². The van der Waals surface area contributed by atoms with Crippen molar-refractivity contribution in [3.05, 3.63) is 78.6 Å². The molecular weight excluding hydrogens is 267 g/mol. The fourth-order valence-corrected chi connectivity index (χ4v) is 1.88. The van der Waals surface area contributed by atoms with Crippen LogP contribution in [0.2, 0.25) is 0 Å². The number of hydrogen-bond acceptors (Lipinski definition) is 2. The highest BCUT2D eigenvalue weighted by molar-refractivity contribution is 5.22. The van der Waals surface area contributed by atoms with Crippen molar-refractivity contribution in [2.45, 2.75) is 19.1 Å². The lowest BCUT2D eigenvalue weighted by atomic mass is 10.2. The first-order valence-electron chi connectivity index (χ1n) is 6.92. The molecule has 0 aromatic heterocycles. The normalized spacial score (nSPS) is 11.9. The number of rotatable bonds is 8. The Labute approximate surface area is 124 Å². The topological polar surface area (TPSA) is 18.5 Å². The Morgan fingerprint density at radius 1 is 1.05 bits per heavy atom. The maximum absolute atomic E-state index is 12.8. The molecule has 2 aromatic carbocycles. The molecule has 0 fully saturated rings. The zero-order valence-corrected chi connectivity index (χ0v) is 11.9. The molecule has 0 aliphatic rings. The third-order valence-electron chi connectivity index (χ3n) is 3.01. The summed E-state index contributed by atoms with van der Waals surface area (Å²) in [5.41, 5.74) is 1.12. The van der Waals surface area contributed by atoms with E-state index in [2.05, 4.69) is 6.58 Å². The van der Waals surface area contributed by atoms with Gasteiger partial charge in [-0.3, -0.25) is 0 Å². The van der Waals surface area contributed by atoms with Crippen LogP contribution in [0.5, 0.6) is 5.75 Å². The van der Waals surface area contributed by atoms with E-state index in [0.29, 0.717) is 25.4 Å². The van der Waals surface area contributed by atoms with Gasteiger partial charge in [-0.1, -0.05) is 36.4 Å². The third kappa shape index (κ3) is 5.40. The Bertz CT molecular complexity index is 537. The Hall–Kier alpha value is -2.13. The predicted octanol–water partition coefficient (Wildman–Crippen LogP) is 4.37. The van der Waals surface area contributed by atoms with Gasteiger partial charge in [-0.05, 0) is 36.2 Å². The molecule has 0 unspecified atom stereocenters. The van der Waals surface area contributed by atoms with E-state index < -0.39 is 0 Å². The van der Waals surface area contributed by atoms with Crippen LogP contribution in [0, 0.1) is 5.82 Å². The molecule has 0 saturated carbocycles. The fraction of sp³-hybridized carbons (Fsp3) is 0.222. The standard InChI is InChI=1S/C18H19FO2/c1-2-6-18(20-13-15-7-4-3-5-8-15)14-21-17-11-9-16(19)10-12-17/h2-5,7-12,18H,1,6,13-14H2/t18-/m1/s1. The molecule has 0 spiro atoms. The monoisotopic (exact) mass is 286 g/mol. The zero-order valence-electron chi connectivity index (χ0n) is 11.9. The number of halogens is 1. The highest BCUT2D eigenvalue weighted by Crippen LogP contribution is 2.13. The van der Waals surface area contributed by atoms with Gasteiger partial charge in [0.1, 0.15) is 18.2 Å². The molecule has 1 atom stereocenters. The van der Waals surface area contributed by atoms with Crippen molar-refractivity contribution in [2.75, 3.05) is 6.61 Å². The summed E-state index contributed by atoms with van der Waals surface area (Å²) in [7, 11) is 0. The molecule has 0 N–H and O–H groups in total. The highest BCUT2D eigenvalue weighted by atomic mass is 19.1. The second-order valence-corrected chi connectivity index (χ2v) is 4.71. The predicted molar refractivity (Wildman–Crippen MR) is 81.7 cm³/mol. The molecule has 2 rings (SSSR count). The van der Waals surface area contributed by atoms with Gasteiger partial charge in [-0.25, -0.2) is 4.39 Å². The molecule has 2 aromatic rings. The van der Waals surface area contributed by atoms with E-state index in [1.54, 1.807) is 12.1 Å². The molecule has 0 heterocycles. The van der Waals surface area contributed by atoms with E-state index >= 15 is 0 Å². The molecule has 3 heteroatoms. The molecule has 2 nitrogen and oxygen atoms in total. The largest absolute Gasteiger partial charge is 0.491 e. The summed E-state index contributed by atoms with van der Waals surface area (Å²) < 4.78 is 24.3. The zero-order chi connectivity index (χ0) is 14.9. The van der Waals surface area contributed by atoms with Gasteiger partial charge >= 0.3 is 0 Å². The molecule has 0 radical (unpaired) electrons. The Morgan fingerprint density at radius 2 is 1.76 bits per heavy atom. The summed E-state index contributed by atoms with van der Waals surface area (Å²) in [6.07, 6.45) is 2.44. The first-order chi connectivity index (χ1) is 10.3. The van der Waals surface area contributed by atoms with Crippen molar-refractivity contribution in [1.29, 1.82) is 0 Å². The number of benzene rings is 2. The minimum absolute atomic E-state index is 0.0761. The Morgan fingerprint density at radius 3 is 2.43 bits per heavy atom. The summed E-state index contributed by atoms with van der Waals surface area (Å²) in [6, 6.07) is 16.0. The molecule has 0 bridgehead atoms. The van der Waals surface area contributed by atoms with E-state index in [1.807, 2.05) is 36.4 Å². The van der Waals surface area contributed by atoms with Crippen LogP contribution in [0.15, 0.2) is 67.3 Å². The van der Waals surface area contributed by atoms with E-state index in [0.717, 1.165) is 5.56 Å². The summed E-state index contributed by atoms with van der Waals surface area (Å²) in [5, 5.41) is 0. The van der Waals surface area contributed by atoms with Gasteiger partial charge < -0.3 is 9.47 Å². The fourth-order valence-electron chi connectivity index (χ4n) is 1.88. The quantitative estimate of drug-likeness (QED) is 0.671. The smallest absolute Gasteiger partial charge is 0.123 e. The van der Waals surface area contributed by atoms with Crippen molar-refractivity contribution in [2.24, 2.45) is 0 Å². The SMILES string of the molecule is C=CC[C@H](COc1ccc(F)cc1)OCc1ccccc1. The molecule has 0 amide bonds. The summed E-state index contributed by atoms with van der Waals surface area (Å²) in [5.74, 6) is 0.360. The van der Waals surface area contributed by atoms with Crippen LogP contribution in [0.3, 0.4) is 0 Å². The second-order valence-electron chi connectivity index (χ2n) is 4.71. The van der Waals surface area contributed by atoms with Gasteiger partial charge in [-0.15, -0.1) is 6.58 Å². The maximum Gasteiger partial charge on any atom is 0.123 e. The van der Waals surface area contributed by atoms with Crippen LogP contribution in [0.25, 0.3) is 0 Å². The molecule has 0 aliphatic heterocycles. The van der Waals surface area contributed by atoms with Gasteiger partial charge in [0.2, 0.25) is 0 Å². The van der Waals surface area contributed by atoms with Crippen molar-refractivity contribution >= 4 is 0 Å². The highest BCUT2D eigenvalue weighted by Gasteiger charge is 2.09. The minimum Gasteiger partial charge on any atom is -0.491 e. The van der Waals surface area contributed by atoms with Gasteiger partial charge in [0.25, 0.3) is 0 Å². The number of hydrogen-bond donors (Lipinski definition) is 0. The van der Waals surface area contributed by atoms with Crippen LogP contribution >= 0.6 is 0 Å². The van der Waals surface area contributed by atoms with E-state index in [1.165, 1.54) is 12.1 Å². The maximum atomic E-state index is 12.8. The van der Waals surface area contributed by atoms with Crippen LogP contribution in [0.1, 0.15) is 12.0 Å². The molecular formula is C18H19FO2. The molecule has 0 aliphatic carbocycles. The van der Waals surface area contributed by atoms with Gasteiger partial charge in [0, 0.05) is 0 Å². The van der Waals surface area contributed by atoms with Gasteiger partial charge in [0.15, 0.2) is 0 Å². The van der Waals surface area contributed by atoms with Crippen LogP contribution in [-0.4, -0.2) is 12.7 Å². The Kier molecular flexibility index (Phi) is 5.98. The van der Waals surface area contributed by atoms with Crippen LogP contribution in [0.4, 0.5) is 4.39 Å². The Balaban J connectivity index is 1.83. The lowest BCUT2D eigenvalue weighted by Gasteiger charge is -2.17. The van der Waals surface area contributed by atoms with Crippen LogP contribution in [-0.2, 0) is 11.3 Å². The summed E-state index contributed by atoms with van der Waals surface area (Å²) >= 11 is 0. The van der Waals surface area contributed by atoms with E-state index in [-0.39, 0.29) is 11.9 Å². The molecule has 21 heavy (non-hydrogen) atoms. The van der Waals surface area contributed by atoms with Gasteiger partial charge in [0.05, 0.1) is 12.7 Å². The summed E-state index contributed by atoms with van der Waals surface area (Å²) in [6.45, 7) is 4.68. The second kappa shape index (κ2) is 8.22. The van der Waals surface area contributed by atoms with Gasteiger partial charge in [-0.2, -0.15) is 0 Å². The minimum atomic E-state index is -0.273. The average Bonchev–Trinajstić information content (AvgIpc) is 2.52. The number of ether oxygens (including phenoxy) is 2. The first kappa shape index (κ1) is 15.3. The summed E-state index contributed by atoms with van der Waals surface area (Å²) in [4.78, 5) is 0. The van der Waals surface area contributed by atoms with Crippen molar-refractivity contribution in [3.63, 3.8) is 0 Å². The van der Waals surface area contributed by atoms with E-state index in [4.69, 9.17) is 9.47 Å². The first-order valence-corrected chi connectivity index (χ1v) is 6.92. The van der Waals surface area contributed by atoms with E-state index in [9.17, 15) is 4.39 Å². The van der Waals surface area contributed by atoms with Crippen LogP contribution < -0.4 is 4.74 Å². The third-order valence-corrected chi connectivity index (χ3v) is 3.01. The lowest BCUT2D eigenvalue weighted by molar-refractivity contribution is 0.0116.